The zero-order valence-corrected chi connectivity index (χ0v) is 15.4. The van der Waals surface area contributed by atoms with Crippen molar-refractivity contribution in [1.29, 1.82) is 0 Å². The van der Waals surface area contributed by atoms with Crippen LogP contribution in [0.4, 0.5) is 9.18 Å². The molecule has 0 unspecified atom stereocenters. The van der Waals surface area contributed by atoms with Gasteiger partial charge in [-0.2, -0.15) is 0 Å². The maximum Gasteiger partial charge on any atom is 1.00 e. The molecule has 0 atom stereocenters. The fourth-order valence-electron chi connectivity index (χ4n) is 0.589. The molecular weight excluding hydrogens is 271 g/mol. The van der Waals surface area contributed by atoms with E-state index in [2.05, 4.69) is 4.98 Å². The number of alkyl halides is 1. The fourth-order valence-corrected chi connectivity index (χ4v) is 0.589. The number of carbonyl (C=O) groups is 1. The van der Waals surface area contributed by atoms with Crippen molar-refractivity contribution in [2.75, 3.05) is 13.3 Å². The molecule has 0 aliphatic carbocycles. The van der Waals surface area contributed by atoms with E-state index in [0.29, 0.717) is 5.75 Å². The molecule has 78 valence electrons. The smallest absolute Gasteiger partial charge is 0.652 e. The monoisotopic (exact) mass is 279 g/mol. The van der Waals surface area contributed by atoms with Crippen LogP contribution in [0.15, 0.2) is 24.5 Å². The third kappa shape index (κ3) is 17.8. The molecule has 16 heavy (non-hydrogen) atoms. The van der Waals surface area contributed by atoms with Gasteiger partial charge in [0.15, 0.2) is 0 Å². The molecule has 0 spiro atoms. The third-order valence-corrected chi connectivity index (χ3v) is 0.980. The van der Waals surface area contributed by atoms with Gasteiger partial charge in [0.2, 0.25) is 0 Å². The van der Waals surface area contributed by atoms with Gasteiger partial charge in [0.25, 0.3) is 0 Å². The number of carbonyl (C=O) groups excluding carboxylic acids is 1. The molecule has 0 amide bonds. The maximum atomic E-state index is 11.5. The van der Waals surface area contributed by atoms with Crippen molar-refractivity contribution in [3.05, 3.63) is 24.5 Å². The minimum atomic E-state index is -2.33. The number of rotatable bonds is 3. The molecule has 1 rings (SSSR count). The van der Waals surface area contributed by atoms with E-state index in [1.54, 1.807) is 24.5 Å². The van der Waals surface area contributed by atoms with Crippen LogP contribution in [0.1, 0.15) is 0 Å². The van der Waals surface area contributed by atoms with E-state index in [1.165, 1.54) is 0 Å². The predicted octanol–water partition coefficient (Wildman–Crippen LogP) is -7.01. The zero-order chi connectivity index (χ0) is 10.8. The normalized spacial score (nSPS) is 7.31. The topological polar surface area (TPSA) is 85.3 Å². The molecule has 0 aliphatic rings. The van der Waals surface area contributed by atoms with Crippen molar-refractivity contribution in [1.82, 2.24) is 4.98 Å². The van der Waals surface area contributed by atoms with Crippen LogP contribution in [-0.4, -0.2) is 24.4 Å². The van der Waals surface area contributed by atoms with Crippen LogP contribution in [0.2, 0.25) is 0 Å². The standard InChI is InChI=1S/C7H8FNO.CH2O3.2K/c8-3-5-10-7-2-1-4-9-6-7;2-1(3)4;;/h1-2,4,6H,3,5H2;(H2,2,3,4);;/q;;2*+1/p-2. The van der Waals surface area contributed by atoms with E-state index in [-0.39, 0.29) is 109 Å². The van der Waals surface area contributed by atoms with E-state index in [1.807, 2.05) is 0 Å². The Morgan fingerprint density at radius 3 is 2.38 bits per heavy atom. The van der Waals surface area contributed by atoms with Crippen LogP contribution in [0.25, 0.3) is 0 Å². The van der Waals surface area contributed by atoms with Gasteiger partial charge < -0.3 is 19.7 Å². The molecule has 1 aromatic heterocycles. The molecular formula is C8H8FK2NO4. The largest absolute Gasteiger partial charge is 1.00 e. The summed E-state index contributed by atoms with van der Waals surface area (Å²) in [4.78, 5) is 12.1. The average molecular weight is 279 g/mol. The Morgan fingerprint density at radius 1 is 1.44 bits per heavy atom. The van der Waals surface area contributed by atoms with Gasteiger partial charge >= 0.3 is 103 Å². The Morgan fingerprint density at radius 2 is 2.00 bits per heavy atom. The summed E-state index contributed by atoms with van der Waals surface area (Å²) >= 11 is 0. The molecule has 8 heteroatoms. The number of pyridine rings is 1. The molecule has 1 aromatic rings. The Kier molecular flexibility index (Phi) is 23.2. The Hall–Kier alpha value is 1.42. The van der Waals surface area contributed by atoms with Gasteiger partial charge in [-0.1, -0.05) is 0 Å². The number of hydrogen-bond donors (Lipinski definition) is 0. The molecule has 0 radical (unpaired) electrons. The van der Waals surface area contributed by atoms with Crippen molar-refractivity contribution in [3.63, 3.8) is 0 Å². The van der Waals surface area contributed by atoms with Crippen LogP contribution in [0.5, 0.6) is 5.75 Å². The van der Waals surface area contributed by atoms with Crippen LogP contribution in [-0.2, 0) is 0 Å². The molecule has 0 aliphatic heterocycles. The Labute approximate surface area is 178 Å². The van der Waals surface area contributed by atoms with Gasteiger partial charge in [0, 0.05) is 6.20 Å². The second-order valence-electron chi connectivity index (χ2n) is 1.98. The van der Waals surface area contributed by atoms with E-state index < -0.39 is 12.8 Å². The van der Waals surface area contributed by atoms with Crippen LogP contribution >= 0.6 is 0 Å². The van der Waals surface area contributed by atoms with E-state index in [4.69, 9.17) is 19.7 Å². The average Bonchev–Trinajstić information content (AvgIpc) is 2.15. The first-order chi connectivity index (χ1) is 6.66. The molecule has 5 nitrogen and oxygen atoms in total. The van der Waals surface area contributed by atoms with Gasteiger partial charge in [-0.15, -0.1) is 0 Å². The second kappa shape index (κ2) is 16.4. The van der Waals surface area contributed by atoms with Crippen LogP contribution in [0, 0.1) is 0 Å². The van der Waals surface area contributed by atoms with E-state index in [9.17, 15) is 4.39 Å². The number of hydrogen-bond acceptors (Lipinski definition) is 5. The SMILES string of the molecule is FCCOc1cccnc1.O=C([O-])[O-].[K+].[K+]. The second-order valence-corrected chi connectivity index (χ2v) is 1.98. The van der Waals surface area contributed by atoms with E-state index >= 15 is 0 Å². The first-order valence-corrected chi connectivity index (χ1v) is 3.63. The number of carboxylic acid groups (broad SMARTS) is 2. The summed E-state index contributed by atoms with van der Waals surface area (Å²) < 4.78 is 16.5. The Balaban J connectivity index is -0.000000249. The summed E-state index contributed by atoms with van der Waals surface area (Å²) in [6.45, 7) is -0.361. The summed E-state index contributed by atoms with van der Waals surface area (Å²) in [5, 5.41) is 16.7. The Bertz CT molecular complexity index is 259. The summed E-state index contributed by atoms with van der Waals surface area (Å²) in [6.07, 6.45) is 0.859. The van der Waals surface area contributed by atoms with E-state index in [0.717, 1.165) is 0 Å². The van der Waals surface area contributed by atoms with Crippen molar-refractivity contribution in [2.45, 2.75) is 0 Å². The number of halogens is 1. The summed E-state index contributed by atoms with van der Waals surface area (Å²) in [5.41, 5.74) is 0. The van der Waals surface area contributed by atoms with Gasteiger partial charge in [-0.05, 0) is 18.3 Å². The zero-order valence-electron chi connectivity index (χ0n) is 9.18. The van der Waals surface area contributed by atoms with Gasteiger partial charge in [-0.3, -0.25) is 4.98 Å². The molecule has 0 saturated carbocycles. The van der Waals surface area contributed by atoms with Gasteiger partial charge in [-0.25, -0.2) is 4.39 Å². The molecule has 0 aromatic carbocycles. The number of nitrogens with zero attached hydrogens (tertiary/aromatic N) is 1. The molecule has 0 fully saturated rings. The summed E-state index contributed by atoms with van der Waals surface area (Å²) in [6, 6.07) is 3.48. The minimum Gasteiger partial charge on any atom is -0.652 e. The minimum absolute atomic E-state index is 0. The van der Waals surface area contributed by atoms with Gasteiger partial charge in [0.05, 0.1) is 6.20 Å². The number of aromatic nitrogens is 1. The number of ether oxygens (including phenoxy) is 1. The molecule has 0 bridgehead atoms. The maximum absolute atomic E-state index is 11.5. The molecule has 0 saturated heterocycles. The molecule has 0 N–H and O–H groups in total. The van der Waals surface area contributed by atoms with Crippen LogP contribution in [0.3, 0.4) is 0 Å². The van der Waals surface area contributed by atoms with Crippen LogP contribution < -0.4 is 118 Å². The summed E-state index contributed by atoms with van der Waals surface area (Å²) in [5.74, 6) is 0.611. The first-order valence-electron chi connectivity index (χ1n) is 3.63. The van der Waals surface area contributed by atoms with Crippen molar-refractivity contribution >= 4 is 6.16 Å². The van der Waals surface area contributed by atoms with Gasteiger partial charge in [0.1, 0.15) is 19.0 Å². The molecule has 1 heterocycles. The van der Waals surface area contributed by atoms with Crippen molar-refractivity contribution in [3.8, 4) is 5.75 Å². The fraction of sp³-hybridized carbons (Fsp3) is 0.250. The predicted molar refractivity (Wildman–Crippen MR) is 41.1 cm³/mol. The quantitative estimate of drug-likeness (QED) is 0.513. The van der Waals surface area contributed by atoms with Crippen molar-refractivity contribution < 1.29 is 127 Å². The first kappa shape index (κ1) is 22.6. The van der Waals surface area contributed by atoms with Crippen molar-refractivity contribution in [2.24, 2.45) is 0 Å². The third-order valence-electron chi connectivity index (χ3n) is 0.980. The summed E-state index contributed by atoms with van der Waals surface area (Å²) in [7, 11) is 0.